The highest BCUT2D eigenvalue weighted by atomic mass is 32.2. The molecule has 38 heavy (non-hydrogen) atoms. The van der Waals surface area contributed by atoms with Crippen LogP contribution in [0.1, 0.15) is 17.3 Å². The summed E-state index contributed by atoms with van der Waals surface area (Å²) in [5.74, 6) is -1.33. The molecule has 0 aliphatic carbocycles. The van der Waals surface area contributed by atoms with Crippen LogP contribution in [0, 0.1) is 11.6 Å². The second-order valence-corrected chi connectivity index (χ2v) is 10.3. The van der Waals surface area contributed by atoms with Gasteiger partial charge in [-0.15, -0.1) is 11.3 Å². The number of hydrogen-bond donors (Lipinski definition) is 3. The van der Waals surface area contributed by atoms with Gasteiger partial charge in [-0.25, -0.2) is 18.7 Å². The van der Waals surface area contributed by atoms with Gasteiger partial charge in [0.25, 0.3) is 6.01 Å². The largest absolute Gasteiger partial charge is 0.423 e. The van der Waals surface area contributed by atoms with E-state index in [0.29, 0.717) is 12.1 Å². The summed E-state index contributed by atoms with van der Waals surface area (Å²) in [5, 5.41) is 5.94. The van der Waals surface area contributed by atoms with Gasteiger partial charge >= 0.3 is 10.3 Å². The predicted octanol–water partition coefficient (Wildman–Crippen LogP) is 6.35. The third-order valence-electron chi connectivity index (χ3n) is 5.54. The van der Waals surface area contributed by atoms with Crippen LogP contribution in [0.5, 0.6) is 0 Å². The van der Waals surface area contributed by atoms with E-state index in [1.807, 2.05) is 40.4 Å². The van der Waals surface area contributed by atoms with Gasteiger partial charge in [0.05, 0.1) is 29.2 Å². The molecule has 0 radical (unpaired) electrons. The molecular weight excluding hydrogens is 534 g/mol. The molecule has 0 aliphatic heterocycles. The van der Waals surface area contributed by atoms with Crippen molar-refractivity contribution >= 4 is 33.3 Å². The number of rotatable bonds is 9. The van der Waals surface area contributed by atoms with E-state index < -0.39 is 28.0 Å². The minimum absolute atomic E-state index is 0.0745. The average Bonchev–Trinajstić information content (AvgIpc) is 3.55. The van der Waals surface area contributed by atoms with Crippen LogP contribution in [0.25, 0.3) is 21.9 Å². The normalized spacial score (nSPS) is 12.3. The van der Waals surface area contributed by atoms with Crippen molar-refractivity contribution in [3.63, 3.8) is 0 Å². The Balaban J connectivity index is 1.42. The molecule has 8 nitrogen and oxygen atoms in total. The van der Waals surface area contributed by atoms with Gasteiger partial charge in [0.15, 0.2) is 5.76 Å². The van der Waals surface area contributed by atoms with Crippen molar-refractivity contribution in [2.75, 3.05) is 10.0 Å². The number of nitrogens with one attached hydrogen (secondary N) is 2. The lowest BCUT2D eigenvalue weighted by atomic mass is 10.0. The van der Waals surface area contributed by atoms with Crippen LogP contribution in [-0.2, 0) is 16.7 Å². The molecule has 0 spiro atoms. The molecular formula is C26H20F2N4O4S2. The summed E-state index contributed by atoms with van der Waals surface area (Å²) in [6.45, 7) is 0. The third-order valence-corrected chi connectivity index (χ3v) is 6.94. The number of anilines is 2. The zero-order valence-electron chi connectivity index (χ0n) is 19.5. The van der Waals surface area contributed by atoms with Gasteiger partial charge in [-0.2, -0.15) is 8.42 Å². The molecule has 5 rings (SSSR count). The average molecular weight is 555 g/mol. The Kier molecular flexibility index (Phi) is 7.18. The van der Waals surface area contributed by atoms with E-state index in [4.69, 9.17) is 14.0 Å². The molecule has 3 aromatic carbocycles. The highest BCUT2D eigenvalue weighted by Crippen LogP contribution is 2.32. The summed E-state index contributed by atoms with van der Waals surface area (Å²) in [5.41, 5.74) is 2.79. The van der Waals surface area contributed by atoms with Gasteiger partial charge in [0.2, 0.25) is 0 Å². The molecule has 12 heteroatoms. The summed E-state index contributed by atoms with van der Waals surface area (Å²) in [6, 6.07) is 19.1. The molecule has 0 amide bonds. The van der Waals surface area contributed by atoms with Gasteiger partial charge in [-0.1, -0.05) is 42.5 Å². The van der Waals surface area contributed by atoms with Crippen LogP contribution in [0.4, 0.5) is 20.5 Å². The molecule has 2 heterocycles. The van der Waals surface area contributed by atoms with Gasteiger partial charge in [-0.05, 0) is 36.2 Å². The van der Waals surface area contributed by atoms with E-state index in [9.17, 15) is 17.2 Å². The topological polar surface area (TPSA) is 117 Å². The van der Waals surface area contributed by atoms with Crippen LogP contribution in [0.3, 0.4) is 0 Å². The SMILES string of the molecule is O=S(=O)(O)Nc1ccc(C[C@H](Nc2ncc(-c3ccc(F)cc3F)o2)c2csc(-c3ccccc3)n2)cc1. The van der Waals surface area contributed by atoms with Crippen molar-refractivity contribution in [3.8, 4) is 21.9 Å². The highest BCUT2D eigenvalue weighted by molar-refractivity contribution is 7.87. The van der Waals surface area contributed by atoms with Crippen LogP contribution < -0.4 is 10.0 Å². The summed E-state index contributed by atoms with van der Waals surface area (Å²) in [4.78, 5) is 9.00. The van der Waals surface area contributed by atoms with E-state index in [2.05, 4.69) is 10.3 Å². The van der Waals surface area contributed by atoms with Crippen molar-refractivity contribution in [1.29, 1.82) is 0 Å². The first-order valence-corrected chi connectivity index (χ1v) is 13.6. The number of hydrogen-bond acceptors (Lipinski definition) is 7. The zero-order chi connectivity index (χ0) is 26.7. The van der Waals surface area contributed by atoms with Gasteiger partial charge in [0, 0.05) is 17.0 Å². The fourth-order valence-electron chi connectivity index (χ4n) is 3.79. The van der Waals surface area contributed by atoms with E-state index in [0.717, 1.165) is 28.3 Å². The fourth-order valence-corrected chi connectivity index (χ4v) is 5.10. The Morgan fingerprint density at radius 3 is 2.50 bits per heavy atom. The number of benzene rings is 3. The predicted molar refractivity (Wildman–Crippen MR) is 141 cm³/mol. The van der Waals surface area contributed by atoms with Gasteiger partial charge in [-0.3, -0.25) is 9.27 Å². The minimum Gasteiger partial charge on any atom is -0.423 e. The van der Waals surface area contributed by atoms with Crippen molar-refractivity contribution in [1.82, 2.24) is 9.97 Å². The number of nitrogens with zero attached hydrogens (tertiary/aromatic N) is 2. The Morgan fingerprint density at radius 2 is 1.79 bits per heavy atom. The van der Waals surface area contributed by atoms with Crippen LogP contribution >= 0.6 is 11.3 Å². The van der Waals surface area contributed by atoms with Crippen molar-refractivity contribution < 1.29 is 26.2 Å². The highest BCUT2D eigenvalue weighted by Gasteiger charge is 2.20. The molecule has 5 aromatic rings. The lowest BCUT2D eigenvalue weighted by Crippen LogP contribution is -2.15. The second-order valence-electron chi connectivity index (χ2n) is 8.27. The molecule has 1 atom stereocenters. The van der Waals surface area contributed by atoms with Crippen LogP contribution in [0.15, 0.2) is 88.8 Å². The lowest BCUT2D eigenvalue weighted by Gasteiger charge is -2.16. The maximum absolute atomic E-state index is 14.2. The number of aromatic nitrogens is 2. The third kappa shape index (κ3) is 6.22. The molecule has 0 saturated carbocycles. The molecule has 0 bridgehead atoms. The van der Waals surface area contributed by atoms with Crippen LogP contribution in [0.2, 0.25) is 0 Å². The Bertz CT molecular complexity index is 1660. The second kappa shape index (κ2) is 10.7. The molecule has 0 unspecified atom stereocenters. The molecule has 3 N–H and O–H groups in total. The monoisotopic (exact) mass is 554 g/mol. The van der Waals surface area contributed by atoms with Crippen molar-refractivity contribution in [3.05, 3.63) is 107 Å². The number of halogens is 2. The van der Waals surface area contributed by atoms with Crippen molar-refractivity contribution in [2.45, 2.75) is 12.5 Å². The number of oxazole rings is 1. The zero-order valence-corrected chi connectivity index (χ0v) is 21.1. The van der Waals surface area contributed by atoms with E-state index in [-0.39, 0.29) is 23.0 Å². The maximum atomic E-state index is 14.2. The lowest BCUT2D eigenvalue weighted by molar-refractivity contribution is 0.489. The Morgan fingerprint density at radius 1 is 1.03 bits per heavy atom. The first kappa shape index (κ1) is 25.5. The quantitative estimate of drug-likeness (QED) is 0.182. The summed E-state index contributed by atoms with van der Waals surface area (Å²) in [6.07, 6.45) is 1.76. The minimum atomic E-state index is -4.39. The summed E-state index contributed by atoms with van der Waals surface area (Å²) < 4.78 is 66.5. The Hall–Kier alpha value is -4.13. The first-order chi connectivity index (χ1) is 18.2. The first-order valence-electron chi connectivity index (χ1n) is 11.3. The van der Waals surface area contributed by atoms with Gasteiger partial charge in [0.1, 0.15) is 16.6 Å². The number of thiazole rings is 1. The van der Waals surface area contributed by atoms with E-state index in [1.165, 1.54) is 35.7 Å². The molecule has 2 aromatic heterocycles. The molecule has 0 fully saturated rings. The molecule has 0 aliphatic rings. The summed E-state index contributed by atoms with van der Waals surface area (Å²) in [7, 11) is -4.39. The van der Waals surface area contributed by atoms with E-state index in [1.54, 1.807) is 12.1 Å². The molecule has 194 valence electrons. The van der Waals surface area contributed by atoms with Gasteiger partial charge < -0.3 is 9.73 Å². The summed E-state index contributed by atoms with van der Waals surface area (Å²) >= 11 is 1.47. The van der Waals surface area contributed by atoms with Crippen molar-refractivity contribution in [2.24, 2.45) is 0 Å². The maximum Gasteiger partial charge on any atom is 0.357 e. The fraction of sp³-hybridized carbons (Fsp3) is 0.0769. The molecule has 0 saturated heterocycles. The standard InChI is InChI=1S/C26H20F2N4O4S2/c27-18-8-11-20(21(28)13-18)24-14-29-26(36-24)31-22(12-16-6-9-19(10-7-16)32-38(33,34)35)23-15-37-25(30-23)17-4-2-1-3-5-17/h1-11,13-15,22,32H,12H2,(H,29,31)(H,33,34,35)/t22-/m0/s1. The smallest absolute Gasteiger partial charge is 0.357 e. The van der Waals surface area contributed by atoms with E-state index >= 15 is 0 Å². The van der Waals surface area contributed by atoms with Crippen LogP contribution in [-0.4, -0.2) is 22.9 Å². The Labute approximate surface area is 220 Å².